The second-order valence-electron chi connectivity index (χ2n) is 3.76. The minimum absolute atomic E-state index is 0.0780. The zero-order valence-corrected chi connectivity index (χ0v) is 10.8. The molecular formula is C12H17ClN2O2. The first-order valence-corrected chi connectivity index (χ1v) is 5.92. The predicted molar refractivity (Wildman–Crippen MR) is 67.4 cm³/mol. The third kappa shape index (κ3) is 5.15. The fourth-order valence-corrected chi connectivity index (χ4v) is 1.60. The van der Waals surface area contributed by atoms with Gasteiger partial charge in [0.1, 0.15) is 5.69 Å². The van der Waals surface area contributed by atoms with E-state index in [4.69, 9.17) is 16.3 Å². The molecule has 0 bridgehead atoms. The molecule has 1 aromatic heterocycles. The van der Waals surface area contributed by atoms with E-state index < -0.39 is 0 Å². The highest BCUT2D eigenvalue weighted by atomic mass is 35.5. The molecule has 0 aromatic carbocycles. The number of carbonyl (C=O) groups excluding carboxylic acids is 1. The van der Waals surface area contributed by atoms with E-state index in [-0.39, 0.29) is 11.3 Å². The van der Waals surface area contributed by atoms with Crippen LogP contribution in [-0.2, 0) is 4.74 Å². The molecule has 5 heteroatoms. The number of hydrogen-bond donors (Lipinski definition) is 1. The van der Waals surface area contributed by atoms with Gasteiger partial charge in [0.15, 0.2) is 0 Å². The van der Waals surface area contributed by atoms with Crippen molar-refractivity contribution in [2.45, 2.75) is 18.7 Å². The maximum Gasteiger partial charge on any atom is 0.269 e. The number of ether oxygens (including phenoxy) is 1. The molecule has 0 aliphatic heterocycles. The van der Waals surface area contributed by atoms with Crippen molar-refractivity contribution in [3.8, 4) is 0 Å². The molecule has 1 N–H and O–H groups in total. The van der Waals surface area contributed by atoms with E-state index in [1.54, 1.807) is 13.2 Å². The quantitative estimate of drug-likeness (QED) is 0.789. The van der Waals surface area contributed by atoms with Crippen LogP contribution in [0.25, 0.3) is 0 Å². The Morgan fingerprint density at radius 1 is 1.59 bits per heavy atom. The lowest BCUT2D eigenvalue weighted by atomic mass is 10.3. The average Bonchev–Trinajstić information content (AvgIpc) is 2.29. The number of pyridine rings is 1. The van der Waals surface area contributed by atoms with Gasteiger partial charge in [0.2, 0.25) is 0 Å². The molecule has 0 aliphatic rings. The number of carbonyl (C=O) groups is 1. The van der Waals surface area contributed by atoms with E-state index in [2.05, 4.69) is 10.3 Å². The summed E-state index contributed by atoms with van der Waals surface area (Å²) in [6.07, 6.45) is 0.674. The topological polar surface area (TPSA) is 51.2 Å². The number of nitrogens with one attached hydrogen (secondary N) is 1. The zero-order chi connectivity index (χ0) is 12.7. The van der Waals surface area contributed by atoms with Crippen LogP contribution in [0.4, 0.5) is 0 Å². The molecule has 1 atom stereocenters. The van der Waals surface area contributed by atoms with Gasteiger partial charge < -0.3 is 10.1 Å². The summed E-state index contributed by atoms with van der Waals surface area (Å²) in [4.78, 5) is 15.8. The molecule has 1 aromatic rings. The van der Waals surface area contributed by atoms with Crippen molar-refractivity contribution < 1.29 is 9.53 Å². The molecule has 0 saturated carbocycles. The summed E-state index contributed by atoms with van der Waals surface area (Å²) in [7, 11) is 1.60. The van der Waals surface area contributed by atoms with E-state index >= 15 is 0 Å². The van der Waals surface area contributed by atoms with Crippen LogP contribution in [0.15, 0.2) is 18.2 Å². The lowest BCUT2D eigenvalue weighted by Crippen LogP contribution is -2.27. The normalized spacial score (nSPS) is 12.2. The Balaban J connectivity index is 2.35. The zero-order valence-electron chi connectivity index (χ0n) is 10.1. The molecule has 0 radical (unpaired) electrons. The molecule has 0 spiro atoms. The fourth-order valence-electron chi connectivity index (χ4n) is 1.37. The predicted octanol–water partition coefficient (Wildman–Crippen LogP) is 1.76. The number of methoxy groups -OCH3 is 1. The number of amides is 1. The van der Waals surface area contributed by atoms with Crippen molar-refractivity contribution in [1.29, 1.82) is 0 Å². The van der Waals surface area contributed by atoms with E-state index in [1.807, 2.05) is 19.1 Å². The second-order valence-corrected chi connectivity index (χ2v) is 4.38. The number of aromatic nitrogens is 1. The van der Waals surface area contributed by atoms with Crippen LogP contribution in [0.3, 0.4) is 0 Å². The standard InChI is InChI=1S/C12H17ClN2O2/c1-9-4-3-5-11(15-9)12(16)14-7-6-10(13)8-17-2/h3-5,10H,6-8H2,1-2H3,(H,14,16). The highest BCUT2D eigenvalue weighted by molar-refractivity contribution is 6.20. The minimum atomic E-state index is -0.171. The lowest BCUT2D eigenvalue weighted by Gasteiger charge is -2.09. The van der Waals surface area contributed by atoms with E-state index in [0.717, 1.165) is 5.69 Å². The van der Waals surface area contributed by atoms with Crippen LogP contribution in [0, 0.1) is 6.92 Å². The maximum atomic E-state index is 11.7. The highest BCUT2D eigenvalue weighted by Crippen LogP contribution is 2.02. The molecule has 0 aliphatic carbocycles. The molecule has 0 fully saturated rings. The SMILES string of the molecule is COCC(Cl)CCNC(=O)c1cccc(C)n1. The number of nitrogens with zero attached hydrogens (tertiary/aromatic N) is 1. The average molecular weight is 257 g/mol. The summed E-state index contributed by atoms with van der Waals surface area (Å²) in [6.45, 7) is 2.86. The number of hydrogen-bond acceptors (Lipinski definition) is 3. The molecule has 17 heavy (non-hydrogen) atoms. The first-order chi connectivity index (χ1) is 8.13. The van der Waals surface area contributed by atoms with Gasteiger partial charge in [-0.1, -0.05) is 6.07 Å². The van der Waals surface area contributed by atoms with Gasteiger partial charge in [-0.3, -0.25) is 4.79 Å². The first kappa shape index (κ1) is 13.9. The summed E-state index contributed by atoms with van der Waals surface area (Å²) in [5.74, 6) is -0.171. The number of alkyl halides is 1. The summed E-state index contributed by atoms with van der Waals surface area (Å²) in [6, 6.07) is 5.35. The Bertz CT molecular complexity index is 371. The Hall–Kier alpha value is -1.13. The molecule has 1 unspecified atom stereocenters. The van der Waals surface area contributed by atoms with Crippen molar-refractivity contribution in [3.63, 3.8) is 0 Å². The van der Waals surface area contributed by atoms with Crippen molar-refractivity contribution in [2.24, 2.45) is 0 Å². The lowest BCUT2D eigenvalue weighted by molar-refractivity contribution is 0.0946. The Morgan fingerprint density at radius 3 is 3.00 bits per heavy atom. The number of aryl methyl sites for hydroxylation is 1. The Morgan fingerprint density at radius 2 is 2.35 bits per heavy atom. The number of halogens is 1. The highest BCUT2D eigenvalue weighted by Gasteiger charge is 2.08. The van der Waals surface area contributed by atoms with E-state index in [9.17, 15) is 4.79 Å². The molecule has 0 saturated heterocycles. The van der Waals surface area contributed by atoms with Crippen molar-refractivity contribution in [2.75, 3.05) is 20.3 Å². The van der Waals surface area contributed by atoms with Gasteiger partial charge in [-0.15, -0.1) is 11.6 Å². The summed E-state index contributed by atoms with van der Waals surface area (Å²) in [5, 5.41) is 2.70. The third-order valence-corrected chi connectivity index (χ3v) is 2.56. The molecule has 1 amide bonds. The smallest absolute Gasteiger partial charge is 0.269 e. The molecule has 94 valence electrons. The summed E-state index contributed by atoms with van der Waals surface area (Å²) < 4.78 is 4.90. The van der Waals surface area contributed by atoms with Gasteiger partial charge in [0.05, 0.1) is 12.0 Å². The maximum absolute atomic E-state index is 11.7. The van der Waals surface area contributed by atoms with Gasteiger partial charge in [-0.2, -0.15) is 0 Å². The summed E-state index contributed by atoms with van der Waals surface area (Å²) >= 11 is 5.94. The van der Waals surface area contributed by atoms with Gasteiger partial charge in [-0.05, 0) is 25.5 Å². The van der Waals surface area contributed by atoms with E-state index in [1.165, 1.54) is 0 Å². The Kier molecular flexibility index (Phi) is 5.94. The van der Waals surface area contributed by atoms with Gasteiger partial charge >= 0.3 is 0 Å². The summed E-state index contributed by atoms with van der Waals surface area (Å²) in [5.41, 5.74) is 1.26. The van der Waals surface area contributed by atoms with Crippen LogP contribution in [0.5, 0.6) is 0 Å². The van der Waals surface area contributed by atoms with Crippen molar-refractivity contribution >= 4 is 17.5 Å². The van der Waals surface area contributed by atoms with Crippen LogP contribution >= 0.6 is 11.6 Å². The number of rotatable bonds is 6. The van der Waals surface area contributed by atoms with Crippen LogP contribution in [0.2, 0.25) is 0 Å². The van der Waals surface area contributed by atoms with Crippen LogP contribution < -0.4 is 5.32 Å². The van der Waals surface area contributed by atoms with Gasteiger partial charge in [0.25, 0.3) is 5.91 Å². The van der Waals surface area contributed by atoms with E-state index in [0.29, 0.717) is 25.3 Å². The minimum Gasteiger partial charge on any atom is -0.383 e. The molecule has 1 rings (SSSR count). The molecule has 4 nitrogen and oxygen atoms in total. The van der Waals surface area contributed by atoms with Crippen LogP contribution in [-0.4, -0.2) is 36.5 Å². The van der Waals surface area contributed by atoms with Gasteiger partial charge in [-0.25, -0.2) is 4.98 Å². The Labute approximate surface area is 106 Å². The fraction of sp³-hybridized carbons (Fsp3) is 0.500. The largest absolute Gasteiger partial charge is 0.383 e. The van der Waals surface area contributed by atoms with Gasteiger partial charge in [0, 0.05) is 19.3 Å². The third-order valence-electron chi connectivity index (χ3n) is 2.21. The van der Waals surface area contributed by atoms with Crippen molar-refractivity contribution in [3.05, 3.63) is 29.6 Å². The molecule has 1 heterocycles. The monoisotopic (exact) mass is 256 g/mol. The first-order valence-electron chi connectivity index (χ1n) is 5.48. The molecular weight excluding hydrogens is 240 g/mol. The van der Waals surface area contributed by atoms with Crippen molar-refractivity contribution in [1.82, 2.24) is 10.3 Å². The van der Waals surface area contributed by atoms with Crippen LogP contribution in [0.1, 0.15) is 22.6 Å². The second kappa shape index (κ2) is 7.25.